The molecule has 0 fully saturated rings. The lowest BCUT2D eigenvalue weighted by molar-refractivity contribution is 0.0589. The number of hydrogen-bond donors (Lipinski definition) is 0. The van der Waals surface area contributed by atoms with E-state index in [1.807, 2.05) is 19.1 Å². The molecule has 3 rings (SSSR count). The highest BCUT2D eigenvalue weighted by Crippen LogP contribution is 2.42. The second-order valence-corrected chi connectivity index (χ2v) is 10.3. The molecule has 0 aliphatic rings. The monoisotopic (exact) mass is 515 g/mol. The van der Waals surface area contributed by atoms with E-state index in [1.165, 1.54) is 23.1 Å². The van der Waals surface area contributed by atoms with Crippen LogP contribution >= 0.6 is 50.6 Å². The predicted molar refractivity (Wildman–Crippen MR) is 121 cm³/mol. The van der Waals surface area contributed by atoms with Crippen LogP contribution in [0.1, 0.15) is 30.0 Å². The number of nitrogens with zero attached hydrogens (tertiary/aromatic N) is 3. The molecule has 3 aromatic rings. The predicted octanol–water partition coefficient (Wildman–Crippen LogP) is 6.02. The third-order valence-corrected chi connectivity index (χ3v) is 7.40. The van der Waals surface area contributed by atoms with Gasteiger partial charge in [0.2, 0.25) is 5.13 Å². The summed E-state index contributed by atoms with van der Waals surface area (Å²) in [6, 6.07) is 5.55. The zero-order chi connectivity index (χ0) is 21.3. The molecular formula is C19H19BrClN3O3S2. The number of thiazole rings is 1. The summed E-state index contributed by atoms with van der Waals surface area (Å²) in [5.41, 5.74) is 2.65. The van der Waals surface area contributed by atoms with E-state index in [4.69, 9.17) is 26.1 Å². The first kappa shape index (κ1) is 22.1. The van der Waals surface area contributed by atoms with Gasteiger partial charge >= 0.3 is 5.97 Å². The summed E-state index contributed by atoms with van der Waals surface area (Å²) in [6.45, 7) is 6.05. The molecule has 2 heterocycles. The number of carbonyl (C=O) groups excluding carboxylic acids is 1. The molecule has 0 spiro atoms. The first-order valence-corrected chi connectivity index (χ1v) is 11.5. The maximum absolute atomic E-state index is 12.3. The van der Waals surface area contributed by atoms with E-state index in [9.17, 15) is 4.79 Å². The molecular weight excluding hydrogens is 498 g/mol. The number of aromatic nitrogens is 3. The minimum absolute atomic E-state index is 0.306. The topological polar surface area (TPSA) is 66.2 Å². The van der Waals surface area contributed by atoms with Crippen LogP contribution in [-0.2, 0) is 4.74 Å². The SMILES string of the molecule is COC(=O)c1c(Br)c(C)nn1-c1nc(-c2ccc(Cl)c(OC)c2)c(SC(C)C)s1. The number of esters is 1. The summed E-state index contributed by atoms with van der Waals surface area (Å²) >= 11 is 12.8. The fourth-order valence-electron chi connectivity index (χ4n) is 2.59. The molecule has 154 valence electrons. The summed E-state index contributed by atoms with van der Waals surface area (Å²) in [4.78, 5) is 17.1. The van der Waals surface area contributed by atoms with Crippen molar-refractivity contribution in [2.45, 2.75) is 30.2 Å². The third-order valence-electron chi connectivity index (χ3n) is 3.90. The van der Waals surface area contributed by atoms with E-state index in [0.717, 1.165) is 15.5 Å². The Hall–Kier alpha value is -1.55. The van der Waals surface area contributed by atoms with Gasteiger partial charge in [0.1, 0.15) is 5.75 Å². The standard InChI is InChI=1S/C19H19BrClN3O3S2/c1-9(2)28-18-15(11-6-7-12(21)13(8-11)26-4)22-19(29-18)24-16(17(25)27-5)14(20)10(3)23-24/h6-9H,1-5H3. The molecule has 0 amide bonds. The number of benzene rings is 1. The first-order chi connectivity index (χ1) is 13.8. The molecule has 2 aromatic heterocycles. The van der Waals surface area contributed by atoms with Gasteiger partial charge in [-0.15, -0.1) is 11.8 Å². The highest BCUT2D eigenvalue weighted by Gasteiger charge is 2.25. The number of aryl methyl sites for hydroxylation is 1. The van der Waals surface area contributed by atoms with Gasteiger partial charge < -0.3 is 9.47 Å². The van der Waals surface area contributed by atoms with E-state index in [1.54, 1.807) is 24.9 Å². The van der Waals surface area contributed by atoms with Gasteiger partial charge in [0.15, 0.2) is 5.69 Å². The summed E-state index contributed by atoms with van der Waals surface area (Å²) in [7, 11) is 2.92. The molecule has 0 N–H and O–H groups in total. The smallest absolute Gasteiger partial charge is 0.358 e. The summed E-state index contributed by atoms with van der Waals surface area (Å²) in [5, 5.41) is 5.94. The minimum Gasteiger partial charge on any atom is -0.495 e. The number of carbonyl (C=O) groups is 1. The maximum atomic E-state index is 12.3. The Bertz CT molecular complexity index is 1070. The summed E-state index contributed by atoms with van der Waals surface area (Å²) < 4.78 is 13.4. The molecule has 0 unspecified atom stereocenters. The van der Waals surface area contributed by atoms with Crippen LogP contribution < -0.4 is 4.74 Å². The molecule has 0 atom stereocenters. The van der Waals surface area contributed by atoms with Gasteiger partial charge in [-0.3, -0.25) is 0 Å². The number of methoxy groups -OCH3 is 2. The lowest BCUT2D eigenvalue weighted by Crippen LogP contribution is -2.10. The van der Waals surface area contributed by atoms with E-state index < -0.39 is 5.97 Å². The Kier molecular flexibility index (Phi) is 6.93. The van der Waals surface area contributed by atoms with E-state index in [2.05, 4.69) is 34.9 Å². The van der Waals surface area contributed by atoms with Gasteiger partial charge in [-0.2, -0.15) is 9.78 Å². The van der Waals surface area contributed by atoms with Crippen molar-refractivity contribution >= 4 is 56.6 Å². The maximum Gasteiger partial charge on any atom is 0.358 e. The van der Waals surface area contributed by atoms with Crippen molar-refractivity contribution < 1.29 is 14.3 Å². The Morgan fingerprint density at radius 1 is 1.34 bits per heavy atom. The van der Waals surface area contributed by atoms with E-state index >= 15 is 0 Å². The van der Waals surface area contributed by atoms with Gasteiger partial charge in [-0.25, -0.2) is 9.78 Å². The Labute approximate surface area is 190 Å². The Morgan fingerprint density at radius 2 is 2.07 bits per heavy atom. The quantitative estimate of drug-likeness (QED) is 0.295. The number of ether oxygens (including phenoxy) is 2. The summed E-state index contributed by atoms with van der Waals surface area (Å²) in [6.07, 6.45) is 0. The van der Waals surface area contributed by atoms with Crippen LogP contribution in [-0.4, -0.2) is 40.2 Å². The van der Waals surface area contributed by atoms with Gasteiger partial charge in [0, 0.05) is 10.8 Å². The third kappa shape index (κ3) is 4.47. The molecule has 10 heteroatoms. The van der Waals surface area contributed by atoms with Crippen molar-refractivity contribution in [3.63, 3.8) is 0 Å². The molecule has 6 nitrogen and oxygen atoms in total. The highest BCUT2D eigenvalue weighted by molar-refractivity contribution is 9.10. The largest absolute Gasteiger partial charge is 0.495 e. The lowest BCUT2D eigenvalue weighted by atomic mass is 10.1. The zero-order valence-electron chi connectivity index (χ0n) is 16.4. The average Bonchev–Trinajstić information content (AvgIpc) is 3.22. The highest BCUT2D eigenvalue weighted by atomic mass is 79.9. The molecule has 29 heavy (non-hydrogen) atoms. The normalized spacial score (nSPS) is 11.2. The fourth-order valence-corrected chi connectivity index (χ4v) is 5.67. The van der Waals surface area contributed by atoms with Crippen LogP contribution in [0, 0.1) is 6.92 Å². The minimum atomic E-state index is -0.486. The second-order valence-electron chi connectivity index (χ2n) is 6.30. The number of halogens is 2. The lowest BCUT2D eigenvalue weighted by Gasteiger charge is -2.07. The van der Waals surface area contributed by atoms with Crippen molar-refractivity contribution in [3.05, 3.63) is 39.1 Å². The van der Waals surface area contributed by atoms with Crippen molar-refractivity contribution in [2.75, 3.05) is 14.2 Å². The van der Waals surface area contributed by atoms with Crippen LogP contribution in [0.15, 0.2) is 26.9 Å². The molecule has 0 aliphatic heterocycles. The Morgan fingerprint density at radius 3 is 2.69 bits per heavy atom. The van der Waals surface area contributed by atoms with Gasteiger partial charge in [-0.05, 0) is 35.0 Å². The number of rotatable bonds is 6. The second kappa shape index (κ2) is 9.07. The first-order valence-electron chi connectivity index (χ1n) is 8.62. The van der Waals surface area contributed by atoms with Crippen LogP contribution in [0.2, 0.25) is 5.02 Å². The van der Waals surface area contributed by atoms with Crippen molar-refractivity contribution in [3.8, 4) is 22.1 Å². The fraction of sp³-hybridized carbons (Fsp3) is 0.316. The van der Waals surface area contributed by atoms with Gasteiger partial charge in [-0.1, -0.05) is 42.9 Å². The molecule has 0 radical (unpaired) electrons. The molecule has 0 bridgehead atoms. The molecule has 0 saturated heterocycles. The van der Waals surface area contributed by atoms with Crippen LogP contribution in [0.25, 0.3) is 16.4 Å². The molecule has 1 aromatic carbocycles. The van der Waals surface area contributed by atoms with Crippen molar-refractivity contribution in [2.24, 2.45) is 0 Å². The molecule has 0 saturated carbocycles. The number of thioether (sulfide) groups is 1. The van der Waals surface area contributed by atoms with Crippen molar-refractivity contribution in [1.82, 2.24) is 14.8 Å². The number of hydrogen-bond acceptors (Lipinski definition) is 7. The van der Waals surface area contributed by atoms with E-state index in [-0.39, 0.29) is 0 Å². The van der Waals surface area contributed by atoms with E-state index in [0.29, 0.717) is 37.0 Å². The average molecular weight is 517 g/mol. The van der Waals surface area contributed by atoms with Gasteiger partial charge in [0.05, 0.1) is 39.3 Å². The van der Waals surface area contributed by atoms with Crippen LogP contribution in [0.4, 0.5) is 0 Å². The Balaban J connectivity index is 2.19. The van der Waals surface area contributed by atoms with Crippen LogP contribution in [0.5, 0.6) is 5.75 Å². The van der Waals surface area contributed by atoms with Crippen molar-refractivity contribution in [1.29, 1.82) is 0 Å². The summed E-state index contributed by atoms with van der Waals surface area (Å²) in [5.74, 6) is 0.0904. The zero-order valence-corrected chi connectivity index (χ0v) is 20.4. The van der Waals surface area contributed by atoms with Crippen LogP contribution in [0.3, 0.4) is 0 Å². The van der Waals surface area contributed by atoms with Gasteiger partial charge in [0.25, 0.3) is 0 Å². The molecule has 0 aliphatic carbocycles.